The number of amides is 1. The first kappa shape index (κ1) is 28.7. The molecule has 0 saturated carbocycles. The Kier molecular flexibility index (Phi) is 8.61. The summed E-state index contributed by atoms with van der Waals surface area (Å²) in [6.07, 6.45) is 1.45. The van der Waals surface area contributed by atoms with Gasteiger partial charge in [0.15, 0.2) is 23.0 Å². The van der Waals surface area contributed by atoms with Crippen LogP contribution >= 0.6 is 0 Å². The van der Waals surface area contributed by atoms with Crippen LogP contribution in [0.15, 0.2) is 59.5 Å². The van der Waals surface area contributed by atoms with E-state index >= 15 is 0 Å². The molecule has 0 radical (unpaired) electrons. The average molecular weight is 566 g/mol. The molecular weight excluding hydrogens is 534 g/mol. The van der Waals surface area contributed by atoms with Crippen molar-refractivity contribution < 1.29 is 38.0 Å². The zero-order valence-corrected chi connectivity index (χ0v) is 23.8. The van der Waals surface area contributed by atoms with E-state index in [9.17, 15) is 9.59 Å². The van der Waals surface area contributed by atoms with Crippen LogP contribution in [0.2, 0.25) is 0 Å². The number of imidazole rings is 1. The van der Waals surface area contributed by atoms with Gasteiger partial charge in [0.2, 0.25) is 11.5 Å². The van der Waals surface area contributed by atoms with Crippen molar-refractivity contribution in [3.8, 4) is 57.2 Å². The van der Waals surface area contributed by atoms with Crippen LogP contribution < -0.4 is 44.2 Å². The molecule has 12 heteroatoms. The maximum Gasteiger partial charge on any atom is 0.341 e. The van der Waals surface area contributed by atoms with Crippen LogP contribution in [0, 0.1) is 0 Å². The number of hydrogen-bond donors (Lipinski definition) is 1. The molecule has 12 nitrogen and oxygen atoms in total. The number of ether oxygens (including phenoxy) is 7. The molecule has 0 aliphatic rings. The summed E-state index contributed by atoms with van der Waals surface area (Å²) in [5.41, 5.74) is 1.13. The van der Waals surface area contributed by atoms with Gasteiger partial charge in [-0.3, -0.25) is 4.57 Å². The van der Waals surface area contributed by atoms with Gasteiger partial charge in [0.25, 0.3) is 0 Å². The molecule has 41 heavy (non-hydrogen) atoms. The molecule has 0 fully saturated rings. The summed E-state index contributed by atoms with van der Waals surface area (Å²) in [5.74, 6) is 2.70. The molecule has 3 aromatic carbocycles. The van der Waals surface area contributed by atoms with E-state index in [1.54, 1.807) is 55.6 Å². The molecule has 4 rings (SSSR count). The SMILES string of the molecule is COc1ccc(-c2cn(C(=O)Nc3cc(OC)c(OC)c(OC)c3)c(=O)n2-c2cc(OC)c(OC)c(OC)c2)cc1. The minimum absolute atomic E-state index is 0.322. The molecule has 4 aromatic rings. The lowest BCUT2D eigenvalue weighted by Crippen LogP contribution is -2.31. The first-order valence-corrected chi connectivity index (χ1v) is 12.2. The van der Waals surface area contributed by atoms with Gasteiger partial charge in [-0.2, -0.15) is 0 Å². The molecule has 0 aliphatic heterocycles. The zero-order chi connectivity index (χ0) is 29.7. The number of benzene rings is 3. The topological polar surface area (TPSA) is 121 Å². The number of rotatable bonds is 10. The lowest BCUT2D eigenvalue weighted by atomic mass is 10.1. The third-order valence-corrected chi connectivity index (χ3v) is 6.32. The van der Waals surface area contributed by atoms with Gasteiger partial charge >= 0.3 is 11.7 Å². The summed E-state index contributed by atoms with van der Waals surface area (Å²) in [7, 11) is 10.4. The Labute approximate surface area is 236 Å². The van der Waals surface area contributed by atoms with Gasteiger partial charge < -0.3 is 38.5 Å². The maximum atomic E-state index is 13.9. The summed E-state index contributed by atoms with van der Waals surface area (Å²) >= 11 is 0. The third kappa shape index (κ3) is 5.44. The van der Waals surface area contributed by atoms with E-state index in [1.807, 2.05) is 0 Å². The molecule has 0 unspecified atom stereocenters. The van der Waals surface area contributed by atoms with Gasteiger partial charge in [-0.05, 0) is 24.3 Å². The number of anilines is 1. The first-order chi connectivity index (χ1) is 19.8. The molecule has 0 bridgehead atoms. The van der Waals surface area contributed by atoms with Crippen molar-refractivity contribution in [2.75, 3.05) is 55.1 Å². The molecule has 0 aliphatic carbocycles. The summed E-state index contributed by atoms with van der Waals surface area (Å²) in [6.45, 7) is 0. The van der Waals surface area contributed by atoms with Crippen LogP contribution in [0.1, 0.15) is 0 Å². The van der Waals surface area contributed by atoms with Crippen LogP contribution in [0.3, 0.4) is 0 Å². The molecule has 0 spiro atoms. The normalized spacial score (nSPS) is 10.5. The fourth-order valence-electron chi connectivity index (χ4n) is 4.34. The fraction of sp³-hybridized carbons (Fsp3) is 0.241. The standard InChI is InChI=1S/C29H31N3O9/c1-35-20-10-8-17(9-11-20)21-16-31(28(33)30-18-12-22(36-2)26(40-6)23(13-18)37-3)29(34)32(21)19-14-24(38-4)27(41-7)25(15-19)39-5/h8-16H,1-7H3,(H,30,33). The van der Waals surface area contributed by atoms with Crippen molar-refractivity contribution in [1.29, 1.82) is 0 Å². The molecule has 0 saturated heterocycles. The lowest BCUT2D eigenvalue weighted by molar-refractivity contribution is 0.252. The monoisotopic (exact) mass is 565 g/mol. The van der Waals surface area contributed by atoms with Crippen molar-refractivity contribution in [2.45, 2.75) is 0 Å². The summed E-state index contributed by atoms with van der Waals surface area (Å²) in [6, 6.07) is 12.7. The Hall–Kier alpha value is -5.26. The molecule has 1 N–H and O–H groups in total. The van der Waals surface area contributed by atoms with Crippen LogP contribution in [0.4, 0.5) is 10.5 Å². The molecule has 1 amide bonds. The summed E-state index contributed by atoms with van der Waals surface area (Å²) in [5, 5.41) is 2.73. The minimum atomic E-state index is -0.717. The molecule has 1 aromatic heterocycles. The van der Waals surface area contributed by atoms with Gasteiger partial charge in [0.1, 0.15) is 5.75 Å². The molecule has 0 atom stereocenters. The summed E-state index contributed by atoms with van der Waals surface area (Å²) < 4.78 is 40.1. The third-order valence-electron chi connectivity index (χ3n) is 6.32. The van der Waals surface area contributed by atoms with E-state index in [-0.39, 0.29) is 0 Å². The lowest BCUT2D eigenvalue weighted by Gasteiger charge is -2.15. The Balaban J connectivity index is 1.88. The highest BCUT2D eigenvalue weighted by molar-refractivity contribution is 5.92. The van der Waals surface area contributed by atoms with E-state index in [0.717, 1.165) is 4.57 Å². The van der Waals surface area contributed by atoms with Crippen molar-refractivity contribution in [2.24, 2.45) is 0 Å². The van der Waals surface area contributed by atoms with Crippen molar-refractivity contribution in [3.05, 3.63) is 65.2 Å². The largest absolute Gasteiger partial charge is 0.497 e. The Morgan fingerprint density at radius 3 is 1.59 bits per heavy atom. The van der Waals surface area contributed by atoms with Gasteiger partial charge in [-0.1, -0.05) is 0 Å². The molecule has 1 heterocycles. The van der Waals surface area contributed by atoms with Crippen LogP contribution in [-0.2, 0) is 0 Å². The van der Waals surface area contributed by atoms with E-state index in [4.69, 9.17) is 33.2 Å². The number of carbonyl (C=O) groups excluding carboxylic acids is 1. The average Bonchev–Trinajstić information content (AvgIpc) is 3.36. The maximum absolute atomic E-state index is 13.9. The number of nitrogens with one attached hydrogen (secondary N) is 1. The van der Waals surface area contributed by atoms with Crippen LogP contribution in [0.5, 0.6) is 40.2 Å². The van der Waals surface area contributed by atoms with Gasteiger partial charge in [0, 0.05) is 36.0 Å². The van der Waals surface area contributed by atoms with Gasteiger partial charge in [-0.15, -0.1) is 0 Å². The fourth-order valence-corrected chi connectivity index (χ4v) is 4.34. The quantitative estimate of drug-likeness (QED) is 0.297. The van der Waals surface area contributed by atoms with Crippen LogP contribution in [0.25, 0.3) is 16.9 Å². The van der Waals surface area contributed by atoms with Crippen molar-refractivity contribution in [3.63, 3.8) is 0 Å². The van der Waals surface area contributed by atoms with Crippen molar-refractivity contribution >= 4 is 11.7 Å². The highest BCUT2D eigenvalue weighted by Crippen LogP contribution is 2.41. The first-order valence-electron chi connectivity index (χ1n) is 12.2. The van der Waals surface area contributed by atoms with E-state index in [0.29, 0.717) is 62.9 Å². The molecular formula is C29H31N3O9. The second-order valence-corrected chi connectivity index (χ2v) is 8.46. The van der Waals surface area contributed by atoms with Gasteiger partial charge in [0.05, 0.1) is 66.8 Å². The van der Waals surface area contributed by atoms with E-state index < -0.39 is 11.7 Å². The van der Waals surface area contributed by atoms with Gasteiger partial charge in [-0.25, -0.2) is 14.2 Å². The minimum Gasteiger partial charge on any atom is -0.497 e. The number of methoxy groups -OCH3 is 7. The van der Waals surface area contributed by atoms with Crippen molar-refractivity contribution in [1.82, 2.24) is 9.13 Å². The predicted octanol–water partition coefficient (Wildman–Crippen LogP) is 4.45. The Morgan fingerprint density at radius 2 is 1.15 bits per heavy atom. The van der Waals surface area contributed by atoms with E-state index in [2.05, 4.69) is 5.32 Å². The smallest absolute Gasteiger partial charge is 0.341 e. The predicted molar refractivity (Wildman–Crippen MR) is 152 cm³/mol. The highest BCUT2D eigenvalue weighted by atomic mass is 16.5. The number of nitrogens with zero attached hydrogens (tertiary/aromatic N) is 2. The second-order valence-electron chi connectivity index (χ2n) is 8.46. The second kappa shape index (κ2) is 12.3. The highest BCUT2D eigenvalue weighted by Gasteiger charge is 2.23. The summed E-state index contributed by atoms with van der Waals surface area (Å²) in [4.78, 5) is 27.4. The number of aromatic nitrogens is 2. The number of hydrogen-bond acceptors (Lipinski definition) is 9. The Bertz CT molecular complexity index is 1560. The van der Waals surface area contributed by atoms with E-state index in [1.165, 1.54) is 53.4 Å². The Morgan fingerprint density at radius 1 is 0.659 bits per heavy atom. The zero-order valence-electron chi connectivity index (χ0n) is 23.8. The van der Waals surface area contributed by atoms with Crippen LogP contribution in [-0.4, -0.2) is 64.9 Å². The molecule has 216 valence electrons. The number of carbonyl (C=O) groups is 1.